The number of nitrogens with zero attached hydrogens (tertiary/aromatic N) is 3. The molecule has 0 saturated carbocycles. The summed E-state index contributed by atoms with van der Waals surface area (Å²) >= 11 is 6.58. The monoisotopic (exact) mass is 521 g/mol. The van der Waals surface area contributed by atoms with Crippen LogP contribution in [0.1, 0.15) is 21.6 Å². The van der Waals surface area contributed by atoms with Crippen LogP contribution in [0.2, 0.25) is 5.02 Å². The van der Waals surface area contributed by atoms with Crippen LogP contribution in [0.15, 0.2) is 115 Å². The summed E-state index contributed by atoms with van der Waals surface area (Å²) in [5, 5.41) is 5.36. The molecule has 1 amide bonds. The number of para-hydroxylation sites is 1. The molecule has 0 unspecified atom stereocenters. The lowest BCUT2D eigenvalue weighted by Gasteiger charge is -2.23. The minimum atomic E-state index is -0.114. The van der Waals surface area contributed by atoms with Crippen LogP contribution in [0, 0.1) is 0 Å². The van der Waals surface area contributed by atoms with E-state index in [1.54, 1.807) is 17.9 Å². The second-order valence-electron chi connectivity index (χ2n) is 8.95. The molecule has 190 valence electrons. The predicted molar refractivity (Wildman–Crippen MR) is 152 cm³/mol. The third-order valence-corrected chi connectivity index (χ3v) is 6.73. The molecule has 6 heteroatoms. The summed E-state index contributed by atoms with van der Waals surface area (Å²) in [6, 6.07) is 37.1. The number of methoxy groups -OCH3 is 1. The summed E-state index contributed by atoms with van der Waals surface area (Å²) in [4.78, 5) is 16.1. The molecule has 0 aliphatic heterocycles. The van der Waals surface area contributed by atoms with Gasteiger partial charge >= 0.3 is 0 Å². The molecule has 1 aromatic heterocycles. The van der Waals surface area contributed by atoms with Gasteiger partial charge in [-0.3, -0.25) is 4.79 Å². The Morgan fingerprint density at radius 2 is 1.47 bits per heavy atom. The number of halogens is 1. The Balaban J connectivity index is 1.55. The molecule has 0 atom stereocenters. The largest absolute Gasteiger partial charge is 0.497 e. The Morgan fingerprint density at radius 1 is 0.842 bits per heavy atom. The van der Waals surface area contributed by atoms with Crippen molar-refractivity contribution in [3.8, 4) is 22.7 Å². The summed E-state index contributed by atoms with van der Waals surface area (Å²) in [6.45, 7) is 1.04. The summed E-state index contributed by atoms with van der Waals surface area (Å²) in [5.74, 6) is 0.641. The van der Waals surface area contributed by atoms with Crippen LogP contribution in [0.4, 0.5) is 0 Å². The van der Waals surface area contributed by atoms with Gasteiger partial charge in [0.05, 0.1) is 23.5 Å². The van der Waals surface area contributed by atoms with E-state index in [4.69, 9.17) is 21.4 Å². The third kappa shape index (κ3) is 5.79. The van der Waals surface area contributed by atoms with E-state index in [0.29, 0.717) is 35.2 Å². The quantitative estimate of drug-likeness (QED) is 0.208. The Kier molecular flexibility index (Phi) is 7.86. The maximum Gasteiger partial charge on any atom is 0.272 e. The van der Waals surface area contributed by atoms with Crippen LogP contribution in [0.3, 0.4) is 0 Å². The zero-order valence-electron chi connectivity index (χ0n) is 21.1. The van der Waals surface area contributed by atoms with Gasteiger partial charge in [-0.1, -0.05) is 84.4 Å². The molecule has 0 spiro atoms. The van der Waals surface area contributed by atoms with E-state index in [1.165, 1.54) is 5.56 Å². The first-order valence-electron chi connectivity index (χ1n) is 12.5. The van der Waals surface area contributed by atoms with Crippen molar-refractivity contribution in [3.05, 3.63) is 137 Å². The van der Waals surface area contributed by atoms with Crippen molar-refractivity contribution in [1.82, 2.24) is 14.7 Å². The molecule has 0 N–H and O–H groups in total. The molecule has 4 aromatic carbocycles. The number of benzene rings is 4. The van der Waals surface area contributed by atoms with Crippen molar-refractivity contribution in [2.75, 3.05) is 13.7 Å². The summed E-state index contributed by atoms with van der Waals surface area (Å²) in [6.07, 6.45) is 0.741. The van der Waals surface area contributed by atoms with Gasteiger partial charge in [-0.25, -0.2) is 4.68 Å². The van der Waals surface area contributed by atoms with Gasteiger partial charge in [-0.2, -0.15) is 5.10 Å². The van der Waals surface area contributed by atoms with E-state index >= 15 is 0 Å². The lowest BCUT2D eigenvalue weighted by molar-refractivity contribution is 0.0736. The van der Waals surface area contributed by atoms with Crippen LogP contribution in [-0.2, 0) is 13.0 Å². The highest BCUT2D eigenvalue weighted by Gasteiger charge is 2.24. The second-order valence-corrected chi connectivity index (χ2v) is 9.36. The van der Waals surface area contributed by atoms with Crippen molar-refractivity contribution in [2.24, 2.45) is 0 Å². The first-order valence-corrected chi connectivity index (χ1v) is 12.9. The molecule has 0 aliphatic rings. The molecule has 5 rings (SSSR count). The molecule has 0 bridgehead atoms. The van der Waals surface area contributed by atoms with Gasteiger partial charge in [-0.15, -0.1) is 0 Å². The predicted octanol–water partition coefficient (Wildman–Crippen LogP) is 7.09. The standard InChI is InChI=1S/C32H28ClN3O2/c1-38-27-18-16-26(17-19-27)29-22-31(36(34-29)30-15-9-8-14-28(30)33)32(37)35(23-25-12-6-3-7-13-25)21-20-24-10-4-2-5-11-24/h2-19,22H,20-21,23H2,1H3. The summed E-state index contributed by atoms with van der Waals surface area (Å²) < 4.78 is 6.96. The van der Waals surface area contributed by atoms with Gasteiger partial charge in [0, 0.05) is 18.7 Å². The van der Waals surface area contributed by atoms with E-state index in [-0.39, 0.29) is 5.91 Å². The lowest BCUT2D eigenvalue weighted by atomic mass is 10.1. The second kappa shape index (κ2) is 11.8. The fourth-order valence-electron chi connectivity index (χ4n) is 4.37. The van der Waals surface area contributed by atoms with Gasteiger partial charge in [0.1, 0.15) is 11.4 Å². The summed E-state index contributed by atoms with van der Waals surface area (Å²) in [5.41, 5.74) is 4.90. The van der Waals surface area contributed by atoms with Crippen LogP contribution < -0.4 is 4.74 Å². The molecule has 0 fully saturated rings. The van der Waals surface area contributed by atoms with Gasteiger partial charge in [0.2, 0.25) is 0 Å². The first kappa shape index (κ1) is 25.3. The minimum absolute atomic E-state index is 0.114. The topological polar surface area (TPSA) is 47.4 Å². The Labute approximate surface area is 227 Å². The average molecular weight is 522 g/mol. The zero-order chi connectivity index (χ0) is 26.3. The van der Waals surface area contributed by atoms with Crippen molar-refractivity contribution in [2.45, 2.75) is 13.0 Å². The SMILES string of the molecule is COc1ccc(-c2cc(C(=O)N(CCc3ccccc3)Cc3ccccc3)n(-c3ccccc3Cl)n2)cc1. The molecular weight excluding hydrogens is 494 g/mol. The number of rotatable bonds is 9. The van der Waals surface area contributed by atoms with Gasteiger partial charge in [0.15, 0.2) is 0 Å². The fraction of sp³-hybridized carbons (Fsp3) is 0.125. The maximum atomic E-state index is 14.2. The third-order valence-electron chi connectivity index (χ3n) is 6.41. The zero-order valence-corrected chi connectivity index (χ0v) is 21.9. The number of ether oxygens (including phenoxy) is 1. The van der Waals surface area contributed by atoms with Crippen LogP contribution in [-0.4, -0.2) is 34.2 Å². The van der Waals surface area contributed by atoms with Gasteiger partial charge < -0.3 is 9.64 Å². The number of carbonyl (C=O) groups excluding carboxylic acids is 1. The van der Waals surface area contributed by atoms with E-state index < -0.39 is 0 Å². The van der Waals surface area contributed by atoms with E-state index in [9.17, 15) is 4.79 Å². The highest BCUT2D eigenvalue weighted by molar-refractivity contribution is 6.32. The Hall–Kier alpha value is -4.35. The van der Waals surface area contributed by atoms with E-state index in [2.05, 4.69) is 12.1 Å². The molecular formula is C32H28ClN3O2. The molecule has 0 aliphatic carbocycles. The highest BCUT2D eigenvalue weighted by atomic mass is 35.5. The van der Waals surface area contributed by atoms with Crippen molar-refractivity contribution in [3.63, 3.8) is 0 Å². The van der Waals surface area contributed by atoms with Gasteiger partial charge in [0.25, 0.3) is 5.91 Å². The Morgan fingerprint density at radius 3 is 2.13 bits per heavy atom. The van der Waals surface area contributed by atoms with Crippen molar-refractivity contribution in [1.29, 1.82) is 0 Å². The molecule has 38 heavy (non-hydrogen) atoms. The smallest absolute Gasteiger partial charge is 0.272 e. The molecule has 5 aromatic rings. The highest BCUT2D eigenvalue weighted by Crippen LogP contribution is 2.28. The lowest BCUT2D eigenvalue weighted by Crippen LogP contribution is -2.34. The maximum absolute atomic E-state index is 14.2. The van der Waals surface area contributed by atoms with Crippen molar-refractivity contribution < 1.29 is 9.53 Å². The molecule has 0 saturated heterocycles. The Bertz CT molecular complexity index is 1500. The summed E-state index contributed by atoms with van der Waals surface area (Å²) in [7, 11) is 1.63. The number of aromatic nitrogens is 2. The number of hydrogen-bond acceptors (Lipinski definition) is 3. The van der Waals surface area contributed by atoms with Crippen molar-refractivity contribution >= 4 is 17.5 Å². The first-order chi connectivity index (χ1) is 18.6. The van der Waals surface area contributed by atoms with E-state index in [1.807, 2.05) is 102 Å². The molecule has 0 radical (unpaired) electrons. The van der Waals surface area contributed by atoms with E-state index in [0.717, 1.165) is 23.3 Å². The number of carbonyl (C=O) groups is 1. The molecule has 5 nitrogen and oxygen atoms in total. The van der Waals surface area contributed by atoms with Gasteiger partial charge in [-0.05, 0) is 60.0 Å². The number of hydrogen-bond donors (Lipinski definition) is 0. The normalized spacial score (nSPS) is 10.8. The van der Waals surface area contributed by atoms with Crippen LogP contribution >= 0.6 is 11.6 Å². The van der Waals surface area contributed by atoms with Crippen LogP contribution in [0.25, 0.3) is 16.9 Å². The minimum Gasteiger partial charge on any atom is -0.497 e. The molecule has 1 heterocycles. The fourth-order valence-corrected chi connectivity index (χ4v) is 4.59. The number of amides is 1. The van der Waals surface area contributed by atoms with Crippen LogP contribution in [0.5, 0.6) is 5.75 Å². The average Bonchev–Trinajstić information content (AvgIpc) is 3.41.